The summed E-state index contributed by atoms with van der Waals surface area (Å²) < 4.78 is 11.2. The van der Waals surface area contributed by atoms with Crippen LogP contribution in [0.5, 0.6) is 0 Å². The van der Waals surface area contributed by atoms with Gasteiger partial charge in [0.05, 0.1) is 19.3 Å². The Bertz CT molecular complexity index is 628. The van der Waals surface area contributed by atoms with Crippen LogP contribution in [0, 0.1) is 12.3 Å². The molecule has 1 aliphatic heterocycles. The van der Waals surface area contributed by atoms with E-state index in [1.807, 2.05) is 0 Å². The number of halogens is 1. The predicted molar refractivity (Wildman–Crippen MR) is 102 cm³/mol. The van der Waals surface area contributed by atoms with E-state index in [0.29, 0.717) is 18.2 Å². The van der Waals surface area contributed by atoms with E-state index in [-0.39, 0.29) is 17.4 Å². The molecule has 0 aliphatic carbocycles. The van der Waals surface area contributed by atoms with Crippen LogP contribution in [-0.4, -0.2) is 24.9 Å². The molecule has 0 unspecified atom stereocenters. The zero-order valence-corrected chi connectivity index (χ0v) is 15.5. The standard InChI is InChI=1S/C19H26ClN3O2/c1-13-7-9-15(10-8-13)17-6-4-5-16(25-17)12-22-19(11-18(20)21)23-14(2)24-3/h7-11,16-17,21-23H,2,4-6,12H2,1,3H3/t16-,17+/m1/s1. The van der Waals surface area contributed by atoms with Crippen LogP contribution in [0.1, 0.15) is 36.5 Å². The summed E-state index contributed by atoms with van der Waals surface area (Å²) in [5, 5.41) is 13.5. The van der Waals surface area contributed by atoms with E-state index < -0.39 is 0 Å². The lowest BCUT2D eigenvalue weighted by atomic mass is 9.97. The van der Waals surface area contributed by atoms with E-state index in [1.165, 1.54) is 24.3 Å². The fourth-order valence-corrected chi connectivity index (χ4v) is 2.87. The topological polar surface area (TPSA) is 66.4 Å². The Morgan fingerprint density at radius 3 is 2.76 bits per heavy atom. The highest BCUT2D eigenvalue weighted by molar-refractivity contribution is 6.67. The smallest absolute Gasteiger partial charge is 0.184 e. The lowest BCUT2D eigenvalue weighted by Crippen LogP contribution is -2.36. The third kappa shape index (κ3) is 6.44. The third-order valence-electron chi connectivity index (χ3n) is 4.11. The van der Waals surface area contributed by atoms with Crippen molar-refractivity contribution in [2.75, 3.05) is 13.7 Å². The summed E-state index contributed by atoms with van der Waals surface area (Å²) in [5.74, 6) is 0.937. The zero-order valence-electron chi connectivity index (χ0n) is 14.8. The van der Waals surface area contributed by atoms with Crippen molar-refractivity contribution in [1.82, 2.24) is 10.6 Å². The summed E-state index contributed by atoms with van der Waals surface area (Å²) in [4.78, 5) is 0. The average molecular weight is 364 g/mol. The van der Waals surface area contributed by atoms with Gasteiger partial charge in [-0.15, -0.1) is 0 Å². The molecule has 0 amide bonds. The fourth-order valence-electron chi connectivity index (χ4n) is 2.76. The largest absolute Gasteiger partial charge is 0.483 e. The molecule has 1 aromatic rings. The van der Waals surface area contributed by atoms with Crippen molar-refractivity contribution in [3.63, 3.8) is 0 Å². The van der Waals surface area contributed by atoms with Crippen molar-refractivity contribution >= 4 is 16.8 Å². The highest BCUT2D eigenvalue weighted by Crippen LogP contribution is 2.31. The number of nitrogens with one attached hydrogen (secondary N) is 3. The van der Waals surface area contributed by atoms with Crippen molar-refractivity contribution < 1.29 is 9.47 Å². The van der Waals surface area contributed by atoms with Crippen LogP contribution < -0.4 is 10.6 Å². The molecule has 1 aliphatic rings. The maximum Gasteiger partial charge on any atom is 0.184 e. The number of methoxy groups -OCH3 is 1. The quantitative estimate of drug-likeness (QED) is 0.483. The minimum atomic E-state index is -0.0824. The van der Waals surface area contributed by atoms with Crippen LogP contribution in [0.3, 0.4) is 0 Å². The fraction of sp³-hybridized carbons (Fsp3) is 0.421. The molecule has 1 fully saturated rings. The van der Waals surface area contributed by atoms with Gasteiger partial charge in [-0.1, -0.05) is 41.4 Å². The van der Waals surface area contributed by atoms with Gasteiger partial charge >= 0.3 is 0 Å². The van der Waals surface area contributed by atoms with E-state index in [0.717, 1.165) is 19.3 Å². The van der Waals surface area contributed by atoms with E-state index in [1.54, 1.807) is 0 Å². The van der Waals surface area contributed by atoms with Gasteiger partial charge in [0, 0.05) is 12.6 Å². The Morgan fingerprint density at radius 1 is 1.40 bits per heavy atom. The first-order valence-corrected chi connectivity index (χ1v) is 8.77. The number of hydrogen-bond acceptors (Lipinski definition) is 5. The normalized spacial score (nSPS) is 20.7. The Morgan fingerprint density at radius 2 is 2.12 bits per heavy atom. The summed E-state index contributed by atoms with van der Waals surface area (Å²) in [6.45, 7) is 6.41. The van der Waals surface area contributed by atoms with E-state index in [2.05, 4.69) is 48.4 Å². The number of aryl methyl sites for hydroxylation is 1. The van der Waals surface area contributed by atoms with Crippen LogP contribution in [0.4, 0.5) is 0 Å². The number of ether oxygens (including phenoxy) is 2. The molecule has 0 saturated carbocycles. The molecule has 0 bridgehead atoms. The van der Waals surface area contributed by atoms with Crippen LogP contribution in [0.25, 0.3) is 0 Å². The van der Waals surface area contributed by atoms with Crippen molar-refractivity contribution in [2.24, 2.45) is 0 Å². The lowest BCUT2D eigenvalue weighted by molar-refractivity contribution is -0.0491. The lowest BCUT2D eigenvalue weighted by Gasteiger charge is -2.31. The Labute approximate surface area is 154 Å². The second-order valence-corrected chi connectivity index (χ2v) is 6.53. The van der Waals surface area contributed by atoms with Crippen molar-refractivity contribution in [3.8, 4) is 0 Å². The van der Waals surface area contributed by atoms with Gasteiger partial charge in [0.15, 0.2) is 5.88 Å². The first kappa shape index (κ1) is 19.3. The summed E-state index contributed by atoms with van der Waals surface area (Å²) in [6.07, 6.45) is 4.84. The molecule has 5 nitrogen and oxygen atoms in total. The van der Waals surface area contributed by atoms with Gasteiger partial charge in [0.1, 0.15) is 11.0 Å². The van der Waals surface area contributed by atoms with Gasteiger partial charge in [-0.05, 0) is 38.3 Å². The Kier molecular flexibility index (Phi) is 7.34. The molecule has 1 aromatic carbocycles. The summed E-state index contributed by atoms with van der Waals surface area (Å²) >= 11 is 5.66. The molecule has 1 saturated heterocycles. The molecule has 0 radical (unpaired) electrons. The van der Waals surface area contributed by atoms with Gasteiger partial charge in [-0.25, -0.2) is 0 Å². The number of benzene rings is 1. The second kappa shape index (κ2) is 9.49. The van der Waals surface area contributed by atoms with Gasteiger partial charge < -0.3 is 20.1 Å². The zero-order chi connectivity index (χ0) is 18.2. The van der Waals surface area contributed by atoms with E-state index >= 15 is 0 Å². The van der Waals surface area contributed by atoms with E-state index in [4.69, 9.17) is 26.5 Å². The van der Waals surface area contributed by atoms with Crippen LogP contribution in [0.15, 0.2) is 48.6 Å². The van der Waals surface area contributed by atoms with Gasteiger partial charge in [-0.2, -0.15) is 0 Å². The minimum Gasteiger partial charge on any atom is -0.483 e. The van der Waals surface area contributed by atoms with Gasteiger partial charge in [0.25, 0.3) is 0 Å². The maximum absolute atomic E-state index is 7.42. The van der Waals surface area contributed by atoms with Crippen molar-refractivity contribution in [3.05, 3.63) is 59.8 Å². The molecule has 2 atom stereocenters. The van der Waals surface area contributed by atoms with Crippen LogP contribution in [0.2, 0.25) is 0 Å². The maximum atomic E-state index is 7.42. The number of rotatable bonds is 8. The first-order chi connectivity index (χ1) is 12.0. The molecule has 3 N–H and O–H groups in total. The third-order valence-corrected chi connectivity index (χ3v) is 4.22. The van der Waals surface area contributed by atoms with Crippen LogP contribution >= 0.6 is 11.6 Å². The SMILES string of the molecule is C=C(NC(=CC(=N)Cl)NC[C@H]1CCC[C@@H](c2ccc(C)cc2)O1)OC. The molecule has 6 heteroatoms. The molecular formula is C19H26ClN3O2. The predicted octanol–water partition coefficient (Wildman–Crippen LogP) is 3.96. The van der Waals surface area contributed by atoms with Crippen molar-refractivity contribution in [1.29, 1.82) is 5.41 Å². The first-order valence-electron chi connectivity index (χ1n) is 8.39. The van der Waals surface area contributed by atoms with Crippen molar-refractivity contribution in [2.45, 2.75) is 38.4 Å². The molecule has 0 spiro atoms. The summed E-state index contributed by atoms with van der Waals surface area (Å²) in [5.41, 5.74) is 2.47. The second-order valence-electron chi connectivity index (χ2n) is 6.13. The molecule has 0 aromatic heterocycles. The van der Waals surface area contributed by atoms with E-state index in [9.17, 15) is 0 Å². The number of hydrogen-bond donors (Lipinski definition) is 3. The summed E-state index contributed by atoms with van der Waals surface area (Å²) in [6, 6.07) is 8.52. The number of allylic oxidation sites excluding steroid dienone is 1. The monoisotopic (exact) mass is 363 g/mol. The molecular weight excluding hydrogens is 338 g/mol. The Hall–Kier alpha value is -1.98. The Balaban J connectivity index is 1.93. The molecule has 25 heavy (non-hydrogen) atoms. The molecule has 136 valence electrons. The minimum absolute atomic E-state index is 0.0824. The average Bonchev–Trinajstić information content (AvgIpc) is 2.60. The summed E-state index contributed by atoms with van der Waals surface area (Å²) in [7, 11) is 1.52. The van der Waals surface area contributed by atoms with Gasteiger partial charge in [-0.3, -0.25) is 5.41 Å². The van der Waals surface area contributed by atoms with Crippen LogP contribution in [-0.2, 0) is 9.47 Å². The molecule has 1 heterocycles. The molecule has 2 rings (SSSR count). The highest BCUT2D eigenvalue weighted by atomic mass is 35.5. The highest BCUT2D eigenvalue weighted by Gasteiger charge is 2.23. The van der Waals surface area contributed by atoms with Gasteiger partial charge in [0.2, 0.25) is 0 Å².